The Morgan fingerprint density at radius 2 is 2.22 bits per heavy atom. The third kappa shape index (κ3) is 7.08. The van der Waals surface area contributed by atoms with E-state index in [4.69, 9.17) is 9.47 Å². The monoisotopic (exact) mass is 128 g/mol. The summed E-state index contributed by atoms with van der Waals surface area (Å²) in [5.74, 6) is 0.711. The predicted octanol–water partition coefficient (Wildman–Crippen LogP) is 1.70. The fraction of sp³-hybridized carbons (Fsp3) is 0.429. The normalized spacial score (nSPS) is 8.11. The Bertz CT molecular complexity index is 97.1. The molecule has 0 aromatic rings. The molecule has 0 aliphatic rings. The van der Waals surface area contributed by atoms with E-state index in [9.17, 15) is 0 Å². The van der Waals surface area contributed by atoms with Crippen molar-refractivity contribution in [2.75, 3.05) is 13.2 Å². The number of allylic oxidation sites excluding steroid dienone is 1. The molecule has 0 aromatic carbocycles. The molecule has 0 bridgehead atoms. The predicted molar refractivity (Wildman–Crippen MR) is 36.9 cm³/mol. The van der Waals surface area contributed by atoms with Crippen molar-refractivity contribution in [3.8, 4) is 0 Å². The van der Waals surface area contributed by atoms with Crippen LogP contribution in [0.1, 0.15) is 6.92 Å². The first-order valence-corrected chi connectivity index (χ1v) is 2.78. The van der Waals surface area contributed by atoms with E-state index in [1.54, 1.807) is 6.92 Å². The molecular formula is C7H12O2. The van der Waals surface area contributed by atoms with Crippen LogP contribution >= 0.6 is 0 Å². The van der Waals surface area contributed by atoms with Gasteiger partial charge in [-0.1, -0.05) is 13.2 Å². The van der Waals surface area contributed by atoms with Crippen LogP contribution in [0.4, 0.5) is 0 Å². The molecule has 0 heterocycles. The van der Waals surface area contributed by atoms with Crippen LogP contribution in [0.15, 0.2) is 25.2 Å². The molecule has 0 spiro atoms. The van der Waals surface area contributed by atoms with Crippen LogP contribution in [0, 0.1) is 0 Å². The zero-order valence-corrected chi connectivity index (χ0v) is 5.72. The number of ether oxygens (including phenoxy) is 2. The molecule has 0 saturated heterocycles. The van der Waals surface area contributed by atoms with Crippen LogP contribution in [-0.2, 0) is 9.47 Å². The van der Waals surface area contributed by atoms with Crippen molar-refractivity contribution in [2.24, 2.45) is 0 Å². The van der Waals surface area contributed by atoms with Gasteiger partial charge in [0.15, 0.2) is 0 Å². The Hall–Kier alpha value is -0.920. The molecule has 0 unspecified atom stereocenters. The molecule has 0 N–H and O–H groups in total. The molecule has 2 heteroatoms. The summed E-state index contributed by atoms with van der Waals surface area (Å²) in [6, 6.07) is 0. The van der Waals surface area contributed by atoms with Crippen molar-refractivity contribution >= 4 is 0 Å². The maximum Gasteiger partial charge on any atom is 0.122 e. The van der Waals surface area contributed by atoms with Gasteiger partial charge in [0.25, 0.3) is 0 Å². The van der Waals surface area contributed by atoms with E-state index in [1.807, 2.05) is 0 Å². The Labute approximate surface area is 55.8 Å². The van der Waals surface area contributed by atoms with Crippen LogP contribution < -0.4 is 0 Å². The summed E-state index contributed by atoms with van der Waals surface area (Å²) < 4.78 is 9.76. The van der Waals surface area contributed by atoms with Gasteiger partial charge >= 0.3 is 0 Å². The number of rotatable bonds is 5. The molecule has 52 valence electrons. The standard InChI is InChI=1S/C7H12O2/c1-4-8-5-6-9-7(2)3/h4H,1-2,5-6H2,3H3. The zero-order chi connectivity index (χ0) is 7.11. The minimum absolute atomic E-state index is 0.538. The second-order valence-electron chi connectivity index (χ2n) is 1.59. The third-order valence-corrected chi connectivity index (χ3v) is 0.667. The highest BCUT2D eigenvalue weighted by molar-refractivity contribution is 4.73. The molecule has 0 rings (SSSR count). The van der Waals surface area contributed by atoms with E-state index in [-0.39, 0.29) is 0 Å². The molecule has 0 radical (unpaired) electrons. The molecule has 0 atom stereocenters. The van der Waals surface area contributed by atoms with Crippen LogP contribution in [0.3, 0.4) is 0 Å². The van der Waals surface area contributed by atoms with E-state index in [1.165, 1.54) is 6.26 Å². The second-order valence-corrected chi connectivity index (χ2v) is 1.59. The molecule has 0 fully saturated rings. The summed E-state index contributed by atoms with van der Waals surface area (Å²) in [6.07, 6.45) is 1.39. The quantitative estimate of drug-likeness (QED) is 0.414. The van der Waals surface area contributed by atoms with Crippen molar-refractivity contribution < 1.29 is 9.47 Å². The van der Waals surface area contributed by atoms with E-state index in [0.29, 0.717) is 19.0 Å². The molecule has 0 saturated carbocycles. The van der Waals surface area contributed by atoms with Crippen molar-refractivity contribution in [1.29, 1.82) is 0 Å². The minimum Gasteiger partial charge on any atom is -0.498 e. The topological polar surface area (TPSA) is 18.5 Å². The average Bonchev–Trinajstić information content (AvgIpc) is 1.80. The third-order valence-electron chi connectivity index (χ3n) is 0.667. The van der Waals surface area contributed by atoms with Crippen LogP contribution in [-0.4, -0.2) is 13.2 Å². The van der Waals surface area contributed by atoms with Crippen molar-refractivity contribution in [2.45, 2.75) is 6.92 Å². The highest BCUT2D eigenvalue weighted by Gasteiger charge is 1.83. The lowest BCUT2D eigenvalue weighted by atomic mass is 10.6. The molecule has 0 aliphatic heterocycles. The molecule has 0 aromatic heterocycles. The van der Waals surface area contributed by atoms with Gasteiger partial charge in [-0.2, -0.15) is 0 Å². The summed E-state index contributed by atoms with van der Waals surface area (Å²) >= 11 is 0. The molecular weight excluding hydrogens is 116 g/mol. The lowest BCUT2D eigenvalue weighted by molar-refractivity contribution is 0.134. The first-order chi connectivity index (χ1) is 4.27. The molecule has 9 heavy (non-hydrogen) atoms. The first kappa shape index (κ1) is 8.08. The highest BCUT2D eigenvalue weighted by atomic mass is 16.5. The van der Waals surface area contributed by atoms with Gasteiger partial charge in [0, 0.05) is 0 Å². The Morgan fingerprint density at radius 1 is 1.56 bits per heavy atom. The summed E-state index contributed by atoms with van der Waals surface area (Å²) in [4.78, 5) is 0. The molecule has 2 nitrogen and oxygen atoms in total. The fourth-order valence-corrected chi connectivity index (χ4v) is 0.347. The Kier molecular flexibility index (Phi) is 4.69. The van der Waals surface area contributed by atoms with Crippen LogP contribution in [0.2, 0.25) is 0 Å². The van der Waals surface area contributed by atoms with E-state index < -0.39 is 0 Å². The second kappa shape index (κ2) is 5.22. The van der Waals surface area contributed by atoms with E-state index >= 15 is 0 Å². The Balaban J connectivity index is 2.91. The smallest absolute Gasteiger partial charge is 0.122 e. The highest BCUT2D eigenvalue weighted by Crippen LogP contribution is 1.88. The SMILES string of the molecule is C=COCCOC(=C)C. The zero-order valence-electron chi connectivity index (χ0n) is 5.72. The maximum atomic E-state index is 4.98. The first-order valence-electron chi connectivity index (χ1n) is 2.78. The summed E-state index contributed by atoms with van der Waals surface area (Å²) in [5, 5.41) is 0. The van der Waals surface area contributed by atoms with Gasteiger partial charge in [0.05, 0.1) is 12.0 Å². The van der Waals surface area contributed by atoms with Gasteiger partial charge in [-0.25, -0.2) is 0 Å². The van der Waals surface area contributed by atoms with Gasteiger partial charge in [-0.05, 0) is 6.92 Å². The van der Waals surface area contributed by atoms with Crippen LogP contribution in [0.5, 0.6) is 0 Å². The lowest BCUT2D eigenvalue weighted by Crippen LogP contribution is -1.98. The van der Waals surface area contributed by atoms with E-state index in [0.717, 1.165) is 0 Å². The van der Waals surface area contributed by atoms with Gasteiger partial charge in [0.2, 0.25) is 0 Å². The Morgan fingerprint density at radius 3 is 2.67 bits per heavy atom. The van der Waals surface area contributed by atoms with Crippen molar-refractivity contribution in [3.05, 3.63) is 25.2 Å². The largest absolute Gasteiger partial charge is 0.498 e. The van der Waals surface area contributed by atoms with Crippen LogP contribution in [0.25, 0.3) is 0 Å². The van der Waals surface area contributed by atoms with Crippen molar-refractivity contribution in [1.82, 2.24) is 0 Å². The summed E-state index contributed by atoms with van der Waals surface area (Å²) in [7, 11) is 0. The van der Waals surface area contributed by atoms with Crippen molar-refractivity contribution in [3.63, 3.8) is 0 Å². The fourth-order valence-electron chi connectivity index (χ4n) is 0.347. The molecule has 0 aliphatic carbocycles. The number of hydrogen-bond acceptors (Lipinski definition) is 2. The molecule has 0 amide bonds. The van der Waals surface area contributed by atoms with Gasteiger partial charge in [-0.3, -0.25) is 0 Å². The summed E-state index contributed by atoms with van der Waals surface area (Å²) in [5.41, 5.74) is 0. The average molecular weight is 128 g/mol. The van der Waals surface area contributed by atoms with Gasteiger partial charge in [0.1, 0.15) is 13.2 Å². The summed E-state index contributed by atoms with van der Waals surface area (Å²) in [6.45, 7) is 9.81. The van der Waals surface area contributed by atoms with Gasteiger partial charge in [-0.15, -0.1) is 0 Å². The lowest BCUT2D eigenvalue weighted by Gasteiger charge is -2.02. The number of hydrogen-bond donors (Lipinski definition) is 0. The maximum absolute atomic E-state index is 4.98. The van der Waals surface area contributed by atoms with Gasteiger partial charge < -0.3 is 9.47 Å². The van der Waals surface area contributed by atoms with E-state index in [2.05, 4.69) is 13.2 Å². The minimum atomic E-state index is 0.538.